The third-order valence-corrected chi connectivity index (χ3v) is 3.15. The van der Waals surface area contributed by atoms with E-state index in [9.17, 15) is 4.79 Å². The van der Waals surface area contributed by atoms with Gasteiger partial charge in [-0.15, -0.1) is 0 Å². The van der Waals surface area contributed by atoms with Crippen LogP contribution in [0.15, 0.2) is 21.4 Å². The summed E-state index contributed by atoms with van der Waals surface area (Å²) in [6.07, 6.45) is 3.48. The van der Waals surface area contributed by atoms with Crippen LogP contribution in [0.1, 0.15) is 23.2 Å². The standard InChI is InChI=1S/C10H13BrN2O2/c11-9-8(3-6-15-9)10(14)13-7-1-4-12-5-2-7/h3,6-7,12H,1-2,4-5H2,(H,13,14). The summed E-state index contributed by atoms with van der Waals surface area (Å²) in [7, 11) is 0. The summed E-state index contributed by atoms with van der Waals surface area (Å²) in [5.41, 5.74) is 0.563. The highest BCUT2D eigenvalue weighted by atomic mass is 79.9. The Balaban J connectivity index is 1.94. The summed E-state index contributed by atoms with van der Waals surface area (Å²) in [6.45, 7) is 1.94. The van der Waals surface area contributed by atoms with Crippen molar-refractivity contribution in [1.82, 2.24) is 10.6 Å². The lowest BCUT2D eigenvalue weighted by Gasteiger charge is -2.23. The van der Waals surface area contributed by atoms with Crippen molar-refractivity contribution in [2.75, 3.05) is 13.1 Å². The van der Waals surface area contributed by atoms with Gasteiger partial charge in [-0.1, -0.05) is 0 Å². The van der Waals surface area contributed by atoms with Crippen LogP contribution in [-0.2, 0) is 0 Å². The van der Waals surface area contributed by atoms with Gasteiger partial charge in [0.25, 0.3) is 5.91 Å². The number of piperidine rings is 1. The Labute approximate surface area is 96.5 Å². The Kier molecular flexibility index (Phi) is 3.43. The number of hydrogen-bond acceptors (Lipinski definition) is 3. The first-order valence-electron chi connectivity index (χ1n) is 5.02. The molecule has 1 fully saturated rings. The number of carbonyl (C=O) groups is 1. The van der Waals surface area contributed by atoms with E-state index in [1.54, 1.807) is 6.07 Å². The molecular formula is C10H13BrN2O2. The van der Waals surface area contributed by atoms with E-state index >= 15 is 0 Å². The molecule has 1 saturated heterocycles. The summed E-state index contributed by atoms with van der Waals surface area (Å²) in [5, 5.41) is 6.25. The van der Waals surface area contributed by atoms with Crippen LogP contribution >= 0.6 is 15.9 Å². The molecule has 5 heteroatoms. The van der Waals surface area contributed by atoms with Gasteiger partial charge in [0.2, 0.25) is 0 Å². The molecule has 0 aromatic carbocycles. The number of carbonyl (C=O) groups excluding carboxylic acids is 1. The molecule has 82 valence electrons. The van der Waals surface area contributed by atoms with Crippen LogP contribution in [-0.4, -0.2) is 25.0 Å². The monoisotopic (exact) mass is 272 g/mol. The van der Waals surface area contributed by atoms with E-state index in [4.69, 9.17) is 4.42 Å². The van der Waals surface area contributed by atoms with Crippen molar-refractivity contribution in [2.45, 2.75) is 18.9 Å². The second-order valence-corrected chi connectivity index (χ2v) is 4.33. The van der Waals surface area contributed by atoms with E-state index in [2.05, 4.69) is 26.6 Å². The second kappa shape index (κ2) is 4.81. The average Bonchev–Trinajstić information content (AvgIpc) is 2.66. The molecule has 1 aromatic rings. The summed E-state index contributed by atoms with van der Waals surface area (Å²) in [5.74, 6) is -0.0671. The molecule has 0 spiro atoms. The van der Waals surface area contributed by atoms with Gasteiger partial charge in [0.15, 0.2) is 4.67 Å². The van der Waals surface area contributed by atoms with E-state index in [1.807, 2.05) is 0 Å². The molecule has 0 aliphatic carbocycles. The maximum absolute atomic E-state index is 11.8. The maximum Gasteiger partial charge on any atom is 0.255 e. The lowest BCUT2D eigenvalue weighted by molar-refractivity contribution is 0.0928. The zero-order chi connectivity index (χ0) is 10.7. The number of hydrogen-bond donors (Lipinski definition) is 2. The Morgan fingerprint density at radius 2 is 2.27 bits per heavy atom. The van der Waals surface area contributed by atoms with Crippen molar-refractivity contribution in [3.63, 3.8) is 0 Å². The van der Waals surface area contributed by atoms with Crippen molar-refractivity contribution < 1.29 is 9.21 Å². The molecule has 1 aromatic heterocycles. The topological polar surface area (TPSA) is 54.3 Å². The van der Waals surface area contributed by atoms with E-state index < -0.39 is 0 Å². The van der Waals surface area contributed by atoms with Crippen LogP contribution in [0.5, 0.6) is 0 Å². The summed E-state index contributed by atoms with van der Waals surface area (Å²) in [6, 6.07) is 1.95. The molecule has 1 amide bonds. The second-order valence-electron chi connectivity index (χ2n) is 3.61. The Morgan fingerprint density at radius 1 is 1.53 bits per heavy atom. The van der Waals surface area contributed by atoms with E-state index in [0.717, 1.165) is 25.9 Å². The SMILES string of the molecule is O=C(NC1CCNCC1)c1ccoc1Br. The van der Waals surface area contributed by atoms with Crippen molar-refractivity contribution >= 4 is 21.8 Å². The lowest BCUT2D eigenvalue weighted by Crippen LogP contribution is -2.42. The molecule has 2 heterocycles. The van der Waals surface area contributed by atoms with E-state index in [-0.39, 0.29) is 11.9 Å². The predicted octanol–water partition coefficient (Wildman–Crippen LogP) is 1.52. The highest BCUT2D eigenvalue weighted by molar-refractivity contribution is 9.10. The molecule has 2 N–H and O–H groups in total. The number of furan rings is 1. The quantitative estimate of drug-likeness (QED) is 0.859. The van der Waals surface area contributed by atoms with Crippen LogP contribution < -0.4 is 10.6 Å². The van der Waals surface area contributed by atoms with Gasteiger partial charge in [0.1, 0.15) is 0 Å². The molecule has 1 aliphatic heterocycles. The summed E-state index contributed by atoms with van der Waals surface area (Å²) >= 11 is 3.19. The molecule has 2 rings (SSSR count). The lowest BCUT2D eigenvalue weighted by atomic mass is 10.1. The van der Waals surface area contributed by atoms with Gasteiger partial charge in [-0.2, -0.15) is 0 Å². The molecule has 0 bridgehead atoms. The maximum atomic E-state index is 11.8. The van der Waals surface area contributed by atoms with Gasteiger partial charge < -0.3 is 15.1 Å². The zero-order valence-electron chi connectivity index (χ0n) is 8.25. The Bertz CT molecular complexity index is 345. The zero-order valence-corrected chi connectivity index (χ0v) is 9.84. The largest absolute Gasteiger partial charge is 0.457 e. The highest BCUT2D eigenvalue weighted by Gasteiger charge is 2.18. The predicted molar refractivity (Wildman–Crippen MR) is 59.8 cm³/mol. The minimum atomic E-state index is -0.0671. The molecule has 0 radical (unpaired) electrons. The van der Waals surface area contributed by atoms with Gasteiger partial charge in [0.05, 0.1) is 11.8 Å². The van der Waals surface area contributed by atoms with Gasteiger partial charge in [-0.25, -0.2) is 0 Å². The molecule has 0 atom stereocenters. The highest BCUT2D eigenvalue weighted by Crippen LogP contribution is 2.17. The molecule has 1 aliphatic rings. The normalized spacial score (nSPS) is 17.7. The fraction of sp³-hybridized carbons (Fsp3) is 0.500. The number of rotatable bonds is 2. The van der Waals surface area contributed by atoms with Crippen LogP contribution in [0.25, 0.3) is 0 Å². The van der Waals surface area contributed by atoms with E-state index in [1.165, 1.54) is 6.26 Å². The van der Waals surface area contributed by atoms with Crippen molar-refractivity contribution in [3.05, 3.63) is 22.6 Å². The van der Waals surface area contributed by atoms with Gasteiger partial charge in [0, 0.05) is 6.04 Å². The number of nitrogens with one attached hydrogen (secondary N) is 2. The number of amides is 1. The molecule has 15 heavy (non-hydrogen) atoms. The van der Waals surface area contributed by atoms with Crippen LogP contribution in [0.3, 0.4) is 0 Å². The molecule has 0 saturated carbocycles. The van der Waals surface area contributed by atoms with Crippen LogP contribution in [0, 0.1) is 0 Å². The fourth-order valence-electron chi connectivity index (χ4n) is 1.69. The van der Waals surface area contributed by atoms with Gasteiger partial charge >= 0.3 is 0 Å². The first-order valence-corrected chi connectivity index (χ1v) is 5.81. The molecular weight excluding hydrogens is 260 g/mol. The van der Waals surface area contributed by atoms with Crippen molar-refractivity contribution in [1.29, 1.82) is 0 Å². The summed E-state index contributed by atoms with van der Waals surface area (Å²) < 4.78 is 5.51. The first kappa shape index (κ1) is 10.7. The van der Waals surface area contributed by atoms with Crippen molar-refractivity contribution in [2.24, 2.45) is 0 Å². The minimum Gasteiger partial charge on any atom is -0.457 e. The van der Waals surface area contributed by atoms with Gasteiger partial charge in [-0.05, 0) is 47.9 Å². The van der Waals surface area contributed by atoms with E-state index in [0.29, 0.717) is 10.2 Å². The molecule has 0 unspecified atom stereocenters. The Morgan fingerprint density at radius 3 is 2.87 bits per heavy atom. The average molecular weight is 273 g/mol. The van der Waals surface area contributed by atoms with Gasteiger partial charge in [-0.3, -0.25) is 4.79 Å². The fourth-order valence-corrected chi connectivity index (χ4v) is 2.11. The van der Waals surface area contributed by atoms with Crippen LogP contribution in [0.4, 0.5) is 0 Å². The minimum absolute atomic E-state index is 0.0671. The molecule has 4 nitrogen and oxygen atoms in total. The summed E-state index contributed by atoms with van der Waals surface area (Å²) in [4.78, 5) is 11.8. The smallest absolute Gasteiger partial charge is 0.255 e. The number of halogens is 1. The Hall–Kier alpha value is -0.810. The third kappa shape index (κ3) is 2.60. The van der Waals surface area contributed by atoms with Crippen LogP contribution in [0.2, 0.25) is 0 Å². The third-order valence-electron chi connectivity index (χ3n) is 2.54. The van der Waals surface area contributed by atoms with Crippen molar-refractivity contribution in [3.8, 4) is 0 Å². The first-order chi connectivity index (χ1) is 7.27.